The molecule has 0 spiro atoms. The third kappa shape index (κ3) is 4.75. The van der Waals surface area contributed by atoms with E-state index in [4.69, 9.17) is 0 Å². The number of halogens is 5. The smallest absolute Gasteiger partial charge is 0.387 e. The van der Waals surface area contributed by atoms with Gasteiger partial charge in [-0.3, -0.25) is 9.59 Å². The molecular weight excluding hydrogens is 359 g/mol. The molecule has 2 rings (SSSR count). The molecule has 0 atom stereocenters. The highest BCUT2D eigenvalue weighted by molar-refractivity contribution is 7.12. The number of ether oxygens (including phenoxy) is 2. The number of alkyl halides is 2. The molecule has 0 bridgehead atoms. The van der Waals surface area contributed by atoms with Crippen molar-refractivity contribution >= 4 is 23.9 Å². The highest BCUT2D eigenvalue weighted by atomic mass is 32.1. The minimum absolute atomic E-state index is 0.0556. The number of thiophene rings is 1. The molecular formula is C14H9F5O4S. The van der Waals surface area contributed by atoms with Crippen LogP contribution in [0, 0.1) is 17.5 Å². The molecule has 0 fully saturated rings. The number of hydrogen-bond donors (Lipinski definition) is 0. The van der Waals surface area contributed by atoms with Gasteiger partial charge in [-0.1, -0.05) is 0 Å². The summed E-state index contributed by atoms with van der Waals surface area (Å²) in [6.07, 6.45) is 0.572. The van der Waals surface area contributed by atoms with Crippen LogP contribution in [0.1, 0.15) is 20.0 Å². The molecule has 0 saturated heterocycles. The van der Waals surface area contributed by atoms with E-state index < -0.39 is 35.4 Å². The van der Waals surface area contributed by atoms with Crippen molar-refractivity contribution < 1.29 is 41.0 Å². The van der Waals surface area contributed by atoms with Crippen molar-refractivity contribution in [1.29, 1.82) is 0 Å². The quantitative estimate of drug-likeness (QED) is 0.453. The molecule has 0 aliphatic carbocycles. The SMILES string of the molecule is COc1c(F)c(F)cc(C=O)c1F.O=Cc1sccc1OC(F)F. The Bertz CT molecular complexity index is 717. The first kappa shape index (κ1) is 19.6. The summed E-state index contributed by atoms with van der Waals surface area (Å²) < 4.78 is 69.7. The number of carbonyl (C=O) groups excluding carboxylic acids is 2. The van der Waals surface area contributed by atoms with Gasteiger partial charge in [-0.15, -0.1) is 11.3 Å². The number of rotatable bonds is 5. The van der Waals surface area contributed by atoms with E-state index in [0.717, 1.165) is 18.4 Å². The Labute approximate surface area is 136 Å². The second-order valence-corrected chi connectivity index (χ2v) is 4.82. The molecule has 0 amide bonds. The van der Waals surface area contributed by atoms with Crippen LogP contribution in [-0.4, -0.2) is 26.3 Å². The van der Waals surface area contributed by atoms with E-state index in [9.17, 15) is 31.5 Å². The second-order valence-electron chi connectivity index (χ2n) is 3.87. The van der Waals surface area contributed by atoms with Gasteiger partial charge in [0.2, 0.25) is 5.82 Å². The maximum Gasteiger partial charge on any atom is 0.387 e. The molecule has 0 aliphatic heterocycles. The molecule has 1 aromatic carbocycles. The summed E-state index contributed by atoms with van der Waals surface area (Å²) >= 11 is 1.07. The highest BCUT2D eigenvalue weighted by Gasteiger charge is 2.18. The lowest BCUT2D eigenvalue weighted by atomic mass is 10.2. The summed E-state index contributed by atoms with van der Waals surface area (Å²) in [5.74, 6) is -4.90. The van der Waals surface area contributed by atoms with Crippen molar-refractivity contribution in [2.45, 2.75) is 6.61 Å². The number of hydrogen-bond acceptors (Lipinski definition) is 5. The van der Waals surface area contributed by atoms with Gasteiger partial charge in [0, 0.05) is 0 Å². The summed E-state index contributed by atoms with van der Waals surface area (Å²) in [4.78, 5) is 20.5. The Kier molecular flexibility index (Phi) is 7.31. The van der Waals surface area contributed by atoms with E-state index >= 15 is 0 Å². The molecule has 0 aliphatic rings. The van der Waals surface area contributed by atoms with E-state index in [-0.39, 0.29) is 16.9 Å². The Morgan fingerprint density at radius 1 is 1.12 bits per heavy atom. The van der Waals surface area contributed by atoms with Crippen LogP contribution < -0.4 is 9.47 Å². The topological polar surface area (TPSA) is 52.6 Å². The molecule has 4 nitrogen and oxygen atoms in total. The molecule has 10 heteroatoms. The van der Waals surface area contributed by atoms with Crippen LogP contribution >= 0.6 is 11.3 Å². The minimum Gasteiger partial charge on any atom is -0.491 e. The second kappa shape index (κ2) is 8.96. The van der Waals surface area contributed by atoms with Crippen LogP contribution in [-0.2, 0) is 0 Å². The van der Waals surface area contributed by atoms with Gasteiger partial charge in [-0.05, 0) is 17.5 Å². The molecule has 24 heavy (non-hydrogen) atoms. The molecule has 0 saturated carbocycles. The van der Waals surface area contributed by atoms with Gasteiger partial charge in [0.05, 0.1) is 12.7 Å². The lowest BCUT2D eigenvalue weighted by Crippen LogP contribution is -2.02. The predicted molar refractivity (Wildman–Crippen MR) is 74.6 cm³/mol. The molecule has 1 aromatic heterocycles. The van der Waals surface area contributed by atoms with Crippen LogP contribution in [0.4, 0.5) is 22.0 Å². The van der Waals surface area contributed by atoms with Crippen molar-refractivity contribution in [1.82, 2.24) is 0 Å². The monoisotopic (exact) mass is 368 g/mol. The van der Waals surface area contributed by atoms with Crippen LogP contribution in [0.15, 0.2) is 17.5 Å². The summed E-state index contributed by atoms with van der Waals surface area (Å²) in [6.45, 7) is -2.87. The average molecular weight is 368 g/mol. The lowest BCUT2D eigenvalue weighted by Gasteiger charge is -2.05. The maximum absolute atomic E-state index is 13.0. The normalized spacial score (nSPS) is 9.96. The van der Waals surface area contributed by atoms with Crippen molar-refractivity contribution in [2.75, 3.05) is 7.11 Å². The predicted octanol–water partition coefficient (Wildman–Crippen LogP) is 4.09. The van der Waals surface area contributed by atoms with Crippen LogP contribution in [0.2, 0.25) is 0 Å². The van der Waals surface area contributed by atoms with E-state index in [2.05, 4.69) is 9.47 Å². The van der Waals surface area contributed by atoms with Gasteiger partial charge >= 0.3 is 6.61 Å². The van der Waals surface area contributed by atoms with Crippen molar-refractivity contribution in [2.24, 2.45) is 0 Å². The average Bonchev–Trinajstić information content (AvgIpc) is 2.98. The Morgan fingerprint density at radius 3 is 2.29 bits per heavy atom. The lowest BCUT2D eigenvalue weighted by molar-refractivity contribution is -0.0497. The van der Waals surface area contributed by atoms with Gasteiger partial charge < -0.3 is 9.47 Å². The number of methoxy groups -OCH3 is 1. The first-order valence-electron chi connectivity index (χ1n) is 5.99. The molecule has 0 radical (unpaired) electrons. The standard InChI is InChI=1S/C8H5F3O2.C6H4F2O2S/c1-13-8-6(10)4(3-12)2-5(9)7(8)11;7-6(8)10-4-1-2-11-5(4)3-9/h2-3H,1H3;1-3,6H. The summed E-state index contributed by atoms with van der Waals surface area (Å²) in [7, 11) is 0.982. The third-order valence-electron chi connectivity index (χ3n) is 2.46. The summed E-state index contributed by atoms with van der Waals surface area (Å²) in [5.41, 5.74) is -0.573. The van der Waals surface area contributed by atoms with E-state index in [0.29, 0.717) is 12.4 Å². The zero-order valence-corrected chi connectivity index (χ0v) is 12.7. The van der Waals surface area contributed by atoms with Crippen molar-refractivity contribution in [3.63, 3.8) is 0 Å². The molecule has 130 valence electrons. The van der Waals surface area contributed by atoms with E-state index in [1.165, 1.54) is 11.4 Å². The first-order valence-corrected chi connectivity index (χ1v) is 6.87. The fraction of sp³-hybridized carbons (Fsp3) is 0.143. The van der Waals surface area contributed by atoms with Crippen LogP contribution in [0.25, 0.3) is 0 Å². The Balaban J connectivity index is 0.000000243. The van der Waals surface area contributed by atoms with Gasteiger partial charge in [0.15, 0.2) is 30.0 Å². The molecule has 0 unspecified atom stereocenters. The molecule has 1 heterocycles. The van der Waals surface area contributed by atoms with Crippen LogP contribution in [0.5, 0.6) is 11.5 Å². The largest absolute Gasteiger partial charge is 0.491 e. The van der Waals surface area contributed by atoms with Crippen molar-refractivity contribution in [3.05, 3.63) is 45.4 Å². The highest BCUT2D eigenvalue weighted by Crippen LogP contribution is 2.26. The summed E-state index contributed by atoms with van der Waals surface area (Å²) in [6, 6.07) is 1.81. The van der Waals surface area contributed by atoms with Gasteiger partial charge in [-0.2, -0.15) is 13.2 Å². The van der Waals surface area contributed by atoms with Gasteiger partial charge in [-0.25, -0.2) is 8.78 Å². The zero-order chi connectivity index (χ0) is 18.3. The maximum atomic E-state index is 13.0. The number of carbonyl (C=O) groups is 2. The first-order chi connectivity index (χ1) is 11.3. The minimum atomic E-state index is -2.87. The Hall–Kier alpha value is -2.49. The van der Waals surface area contributed by atoms with Gasteiger partial charge in [0.1, 0.15) is 10.6 Å². The number of benzene rings is 1. The number of aldehydes is 2. The summed E-state index contributed by atoms with van der Waals surface area (Å²) in [5, 5.41) is 1.52. The fourth-order valence-corrected chi connectivity index (χ4v) is 2.08. The fourth-order valence-electron chi connectivity index (χ4n) is 1.45. The Morgan fingerprint density at radius 2 is 1.79 bits per heavy atom. The zero-order valence-electron chi connectivity index (χ0n) is 11.9. The van der Waals surface area contributed by atoms with Crippen molar-refractivity contribution in [3.8, 4) is 11.5 Å². The molecule has 0 N–H and O–H groups in total. The van der Waals surface area contributed by atoms with E-state index in [1.54, 1.807) is 0 Å². The third-order valence-corrected chi connectivity index (χ3v) is 3.28. The molecule has 2 aromatic rings. The van der Waals surface area contributed by atoms with E-state index in [1.807, 2.05) is 0 Å². The van der Waals surface area contributed by atoms with Crippen LogP contribution in [0.3, 0.4) is 0 Å². The van der Waals surface area contributed by atoms with Gasteiger partial charge in [0.25, 0.3) is 0 Å².